The SMILES string of the molecule is C=C.CCCOCC(COC(=O)CC(=O)ON1C(=O)CCC1=O)OCCC.CCCOCC(COCCCCCC(=O)ON1C(=O)CCC1=O)OCCC. The highest BCUT2D eigenvalue weighted by molar-refractivity contribution is 6.02. The first kappa shape index (κ1) is 50.2. The van der Waals surface area contributed by atoms with Crippen LogP contribution in [-0.2, 0) is 71.7 Å². The first-order valence-electron chi connectivity index (χ1n) is 18.8. The van der Waals surface area contributed by atoms with E-state index in [1.807, 2.05) is 13.8 Å². The van der Waals surface area contributed by atoms with E-state index in [9.17, 15) is 33.6 Å². The van der Waals surface area contributed by atoms with Crippen molar-refractivity contribution in [1.29, 1.82) is 0 Å². The maximum absolute atomic E-state index is 11.7. The van der Waals surface area contributed by atoms with Gasteiger partial charge in [-0.1, -0.05) is 34.1 Å². The molecule has 2 fully saturated rings. The Morgan fingerprint density at radius 2 is 0.944 bits per heavy atom. The average molecular weight is 775 g/mol. The topological polar surface area (TPSA) is 200 Å². The first-order chi connectivity index (χ1) is 26.1. The lowest BCUT2D eigenvalue weighted by Gasteiger charge is -2.18. The number of unbranched alkanes of at least 4 members (excludes halogenated alkanes) is 2. The van der Waals surface area contributed by atoms with E-state index in [0.717, 1.165) is 45.1 Å². The standard InChI is InChI=1S/C19H33NO7.C16H25NO8.C2H4/c1-3-11-24-14-16(26-12-4-2)15-25-13-7-5-6-8-19(23)27-20-17(21)9-10-18(20)22;1-3-7-22-10-12(23-8-4-2)11-24-15(20)9-16(21)25-17-13(18)5-6-14(17)19;1-2/h16H,3-15H2,1-2H3;12H,3-11H2,1-2H3;1-2H2. The summed E-state index contributed by atoms with van der Waals surface area (Å²) in [5, 5.41) is 0.976. The van der Waals surface area contributed by atoms with Crippen LogP contribution < -0.4 is 0 Å². The predicted octanol–water partition coefficient (Wildman–Crippen LogP) is 3.94. The Bertz CT molecular complexity index is 1090. The van der Waals surface area contributed by atoms with Crippen molar-refractivity contribution in [3.05, 3.63) is 13.2 Å². The molecule has 4 amide bonds. The number of rotatable bonds is 28. The molecule has 2 heterocycles. The fourth-order valence-corrected chi connectivity index (χ4v) is 4.39. The fourth-order valence-electron chi connectivity index (χ4n) is 4.39. The summed E-state index contributed by atoms with van der Waals surface area (Å²) >= 11 is 0. The van der Waals surface area contributed by atoms with E-state index in [4.69, 9.17) is 33.3 Å². The molecular weight excluding hydrogens is 712 g/mol. The molecule has 2 atom stereocenters. The minimum Gasteiger partial charge on any atom is -0.462 e. The minimum atomic E-state index is -1.03. The third kappa shape index (κ3) is 23.8. The molecule has 0 spiro atoms. The maximum atomic E-state index is 11.7. The number of amides is 4. The smallest absolute Gasteiger partial charge is 0.344 e. The van der Waals surface area contributed by atoms with Crippen molar-refractivity contribution in [2.45, 2.75) is 123 Å². The van der Waals surface area contributed by atoms with E-state index in [0.29, 0.717) is 56.2 Å². The van der Waals surface area contributed by atoms with Crippen LogP contribution >= 0.6 is 0 Å². The van der Waals surface area contributed by atoms with Crippen molar-refractivity contribution >= 4 is 41.5 Å². The number of hydrogen-bond donors (Lipinski definition) is 0. The van der Waals surface area contributed by atoms with Crippen molar-refractivity contribution in [3.8, 4) is 0 Å². The van der Waals surface area contributed by atoms with Crippen LogP contribution in [0.1, 0.15) is 111 Å². The Labute approximate surface area is 319 Å². The molecule has 310 valence electrons. The summed E-state index contributed by atoms with van der Waals surface area (Å²) in [5.41, 5.74) is 0. The number of hydroxylamine groups is 4. The second kappa shape index (κ2) is 32.6. The van der Waals surface area contributed by atoms with Gasteiger partial charge in [-0.25, -0.2) is 9.59 Å². The van der Waals surface area contributed by atoms with Crippen LogP contribution in [0.15, 0.2) is 13.2 Å². The fraction of sp³-hybridized carbons (Fsp3) is 0.757. The number of nitrogens with zero attached hydrogens (tertiary/aromatic N) is 2. The van der Waals surface area contributed by atoms with E-state index in [1.165, 1.54) is 0 Å². The summed E-state index contributed by atoms with van der Waals surface area (Å²) in [5.74, 6) is -4.53. The third-order valence-electron chi connectivity index (χ3n) is 7.01. The summed E-state index contributed by atoms with van der Waals surface area (Å²) in [6.07, 6.45) is 5.01. The van der Waals surface area contributed by atoms with Gasteiger partial charge in [0, 0.05) is 65.1 Å². The molecule has 0 aromatic rings. The number of carbonyl (C=O) groups excluding carboxylic acids is 7. The zero-order valence-electron chi connectivity index (χ0n) is 32.6. The van der Waals surface area contributed by atoms with Gasteiger partial charge in [-0.05, 0) is 38.5 Å². The molecule has 0 N–H and O–H groups in total. The highest BCUT2D eigenvalue weighted by atomic mass is 16.7. The first-order valence-corrected chi connectivity index (χ1v) is 18.8. The molecule has 0 aromatic carbocycles. The second-order valence-corrected chi connectivity index (χ2v) is 12.0. The van der Waals surface area contributed by atoms with Crippen LogP contribution in [-0.4, -0.2) is 123 Å². The highest BCUT2D eigenvalue weighted by Gasteiger charge is 2.34. The van der Waals surface area contributed by atoms with Crippen molar-refractivity contribution in [3.63, 3.8) is 0 Å². The molecule has 0 bridgehead atoms. The van der Waals surface area contributed by atoms with E-state index >= 15 is 0 Å². The van der Waals surface area contributed by atoms with Gasteiger partial charge < -0.3 is 38.1 Å². The summed E-state index contributed by atoms with van der Waals surface area (Å²) in [7, 11) is 0. The van der Waals surface area contributed by atoms with Gasteiger partial charge in [-0.2, -0.15) is 0 Å². The molecule has 2 aliphatic heterocycles. The predicted molar refractivity (Wildman–Crippen MR) is 193 cm³/mol. The van der Waals surface area contributed by atoms with E-state index in [1.54, 1.807) is 0 Å². The van der Waals surface area contributed by atoms with Crippen LogP contribution in [0.4, 0.5) is 0 Å². The van der Waals surface area contributed by atoms with Crippen LogP contribution in [0.2, 0.25) is 0 Å². The molecule has 2 unspecified atom stereocenters. The lowest BCUT2D eigenvalue weighted by atomic mass is 10.2. The monoisotopic (exact) mass is 774 g/mol. The quantitative estimate of drug-likeness (QED) is 0.0364. The zero-order chi connectivity index (χ0) is 40.6. The second-order valence-electron chi connectivity index (χ2n) is 12.0. The molecule has 0 aromatic heterocycles. The van der Waals surface area contributed by atoms with E-state index in [2.05, 4.69) is 31.8 Å². The molecule has 2 rings (SSSR count). The average Bonchev–Trinajstić information content (AvgIpc) is 3.65. The molecule has 54 heavy (non-hydrogen) atoms. The van der Waals surface area contributed by atoms with Crippen LogP contribution in [0.5, 0.6) is 0 Å². The van der Waals surface area contributed by atoms with Crippen molar-refractivity contribution in [1.82, 2.24) is 10.1 Å². The van der Waals surface area contributed by atoms with Crippen molar-refractivity contribution < 1.29 is 71.7 Å². The largest absolute Gasteiger partial charge is 0.462 e. The van der Waals surface area contributed by atoms with Crippen LogP contribution in [0.25, 0.3) is 0 Å². The molecule has 17 heteroatoms. The van der Waals surface area contributed by atoms with Gasteiger partial charge >= 0.3 is 17.9 Å². The Hall–Kier alpha value is -3.77. The van der Waals surface area contributed by atoms with E-state index in [-0.39, 0.29) is 51.4 Å². The lowest BCUT2D eigenvalue weighted by molar-refractivity contribution is -0.199. The lowest BCUT2D eigenvalue weighted by Crippen LogP contribution is -2.33. The van der Waals surface area contributed by atoms with Gasteiger partial charge in [0.1, 0.15) is 25.2 Å². The summed E-state index contributed by atoms with van der Waals surface area (Å²) in [6.45, 7) is 18.4. The number of carbonyl (C=O) groups is 7. The Balaban J connectivity index is 0.000000997. The Kier molecular flexibility index (Phi) is 30.4. The van der Waals surface area contributed by atoms with Gasteiger partial charge in [-0.3, -0.25) is 24.0 Å². The number of imide groups is 2. The Morgan fingerprint density at radius 3 is 1.39 bits per heavy atom. The van der Waals surface area contributed by atoms with Crippen LogP contribution in [0.3, 0.4) is 0 Å². The molecular formula is C37H62N2O15. The number of ether oxygens (including phenoxy) is 6. The highest BCUT2D eigenvalue weighted by Crippen LogP contribution is 2.14. The molecule has 2 aliphatic rings. The molecule has 0 radical (unpaired) electrons. The molecule has 17 nitrogen and oxygen atoms in total. The molecule has 2 saturated heterocycles. The van der Waals surface area contributed by atoms with Gasteiger partial charge in [-0.15, -0.1) is 23.3 Å². The molecule has 0 aliphatic carbocycles. The normalized spacial score (nSPS) is 14.9. The summed E-state index contributed by atoms with van der Waals surface area (Å²) in [4.78, 5) is 89.8. The third-order valence-corrected chi connectivity index (χ3v) is 7.01. The zero-order valence-corrected chi connectivity index (χ0v) is 32.6. The minimum absolute atomic E-state index is 0.00916. The summed E-state index contributed by atoms with van der Waals surface area (Å²) < 4.78 is 32.8. The van der Waals surface area contributed by atoms with E-state index < -0.39 is 54.1 Å². The molecule has 0 saturated carbocycles. The van der Waals surface area contributed by atoms with Crippen molar-refractivity contribution in [2.75, 3.05) is 59.5 Å². The van der Waals surface area contributed by atoms with Crippen LogP contribution in [0, 0.1) is 0 Å². The van der Waals surface area contributed by atoms with Gasteiger partial charge in [0.25, 0.3) is 23.6 Å². The van der Waals surface area contributed by atoms with Gasteiger partial charge in [0.2, 0.25) is 0 Å². The summed E-state index contributed by atoms with van der Waals surface area (Å²) in [6, 6.07) is 0. The van der Waals surface area contributed by atoms with Gasteiger partial charge in [0.05, 0.1) is 19.8 Å². The van der Waals surface area contributed by atoms with Crippen molar-refractivity contribution in [2.24, 2.45) is 0 Å². The number of esters is 1. The van der Waals surface area contributed by atoms with Gasteiger partial charge in [0.15, 0.2) is 0 Å². The Morgan fingerprint density at radius 1 is 0.537 bits per heavy atom. The maximum Gasteiger partial charge on any atom is 0.344 e. The number of hydrogen-bond acceptors (Lipinski definition) is 15.